The number of carbonyl (C=O) groups is 2. The van der Waals surface area contributed by atoms with Gasteiger partial charge >= 0.3 is 0 Å². The lowest BCUT2D eigenvalue weighted by molar-refractivity contribution is -0.123. The van der Waals surface area contributed by atoms with E-state index in [9.17, 15) is 9.59 Å². The molecule has 0 heterocycles. The minimum absolute atomic E-state index is 0. The zero-order valence-electron chi connectivity index (χ0n) is 17.5. The van der Waals surface area contributed by atoms with E-state index in [4.69, 9.17) is 15.2 Å². The molecule has 0 saturated heterocycles. The third-order valence-corrected chi connectivity index (χ3v) is 5.02. The van der Waals surface area contributed by atoms with Crippen LogP contribution < -0.4 is 25.8 Å². The molecule has 8 heteroatoms. The van der Waals surface area contributed by atoms with Crippen LogP contribution in [-0.4, -0.2) is 44.2 Å². The Hall–Kier alpha value is -1.99. The molecule has 7 nitrogen and oxygen atoms in total. The van der Waals surface area contributed by atoms with Gasteiger partial charge in [-0.15, -0.1) is 12.4 Å². The number of rotatable bonds is 9. The van der Waals surface area contributed by atoms with Crippen LogP contribution in [0.1, 0.15) is 56.3 Å². The number of halogens is 1. The van der Waals surface area contributed by atoms with E-state index < -0.39 is 0 Å². The molecular weight excluding hydrogens is 394 g/mol. The number of hydrogen-bond donors (Lipinski definition) is 3. The molecule has 2 rings (SSSR count). The zero-order chi connectivity index (χ0) is 20.5. The fourth-order valence-electron chi connectivity index (χ4n) is 3.59. The molecule has 1 saturated carbocycles. The lowest BCUT2D eigenvalue weighted by Crippen LogP contribution is -2.45. The molecule has 1 atom stereocenters. The number of methoxy groups -OCH3 is 1. The van der Waals surface area contributed by atoms with Crippen LogP contribution in [0.4, 0.5) is 0 Å². The van der Waals surface area contributed by atoms with Gasteiger partial charge in [0.15, 0.2) is 18.1 Å². The second-order valence-corrected chi connectivity index (χ2v) is 7.59. The molecule has 2 amide bonds. The van der Waals surface area contributed by atoms with E-state index in [-0.39, 0.29) is 42.9 Å². The second-order valence-electron chi connectivity index (χ2n) is 7.59. The molecule has 1 aromatic rings. The lowest BCUT2D eigenvalue weighted by atomic mass is 9.84. The number of hydrogen-bond acceptors (Lipinski definition) is 5. The fraction of sp³-hybridized carbons (Fsp3) is 0.619. The Labute approximate surface area is 179 Å². The van der Waals surface area contributed by atoms with Crippen molar-refractivity contribution < 1.29 is 19.1 Å². The van der Waals surface area contributed by atoms with E-state index in [1.165, 1.54) is 26.4 Å². The van der Waals surface area contributed by atoms with Gasteiger partial charge in [0.05, 0.1) is 7.11 Å². The standard InChI is InChI=1S/C21H33N3O4.ClH/c1-14(2)23-20(25)13-28-18-10-9-16(11-19(18)27-3)21(26)24-17(12-22)15-7-5-4-6-8-15;/h9-11,14-15,17H,4-8,12-13,22H2,1-3H3,(H,23,25)(H,24,26);1H. The third-order valence-electron chi connectivity index (χ3n) is 5.02. The Balaban J connectivity index is 0.00000420. The second kappa shape index (κ2) is 12.5. The van der Waals surface area contributed by atoms with Crippen molar-refractivity contribution in [3.63, 3.8) is 0 Å². The van der Waals surface area contributed by atoms with Gasteiger partial charge in [0, 0.05) is 24.2 Å². The lowest BCUT2D eigenvalue weighted by Gasteiger charge is -2.30. The molecular formula is C21H34ClN3O4. The number of nitrogens with two attached hydrogens (primary N) is 1. The predicted octanol–water partition coefficient (Wildman–Crippen LogP) is 2.66. The van der Waals surface area contributed by atoms with Gasteiger partial charge in [-0.05, 0) is 50.8 Å². The van der Waals surface area contributed by atoms with Crippen molar-refractivity contribution in [3.8, 4) is 11.5 Å². The summed E-state index contributed by atoms with van der Waals surface area (Å²) >= 11 is 0. The molecule has 1 aliphatic carbocycles. The molecule has 0 spiro atoms. The first-order chi connectivity index (χ1) is 13.4. The van der Waals surface area contributed by atoms with Gasteiger partial charge in [-0.25, -0.2) is 0 Å². The average Bonchev–Trinajstić information content (AvgIpc) is 2.70. The van der Waals surface area contributed by atoms with Gasteiger partial charge in [0.2, 0.25) is 0 Å². The summed E-state index contributed by atoms with van der Waals surface area (Å²) in [7, 11) is 1.50. The van der Waals surface area contributed by atoms with Crippen LogP contribution in [0.2, 0.25) is 0 Å². The number of ether oxygens (including phenoxy) is 2. The Morgan fingerprint density at radius 1 is 1.14 bits per heavy atom. The molecule has 0 radical (unpaired) electrons. The number of benzene rings is 1. The molecule has 29 heavy (non-hydrogen) atoms. The van der Waals surface area contributed by atoms with Crippen LogP contribution in [0.25, 0.3) is 0 Å². The highest BCUT2D eigenvalue weighted by Crippen LogP contribution is 2.29. The topological polar surface area (TPSA) is 103 Å². The van der Waals surface area contributed by atoms with Gasteiger partial charge in [-0.1, -0.05) is 19.3 Å². The molecule has 0 aliphatic heterocycles. The summed E-state index contributed by atoms with van der Waals surface area (Å²) in [6, 6.07) is 4.97. The first kappa shape index (κ1) is 25.0. The molecule has 164 valence electrons. The maximum absolute atomic E-state index is 12.7. The van der Waals surface area contributed by atoms with Crippen molar-refractivity contribution in [3.05, 3.63) is 23.8 Å². The summed E-state index contributed by atoms with van der Waals surface area (Å²) < 4.78 is 10.9. The smallest absolute Gasteiger partial charge is 0.258 e. The van der Waals surface area contributed by atoms with E-state index in [1.54, 1.807) is 18.2 Å². The first-order valence-electron chi connectivity index (χ1n) is 10.1. The van der Waals surface area contributed by atoms with E-state index in [1.807, 2.05) is 13.8 Å². The molecule has 4 N–H and O–H groups in total. The maximum atomic E-state index is 12.7. The Morgan fingerprint density at radius 2 is 1.83 bits per heavy atom. The van der Waals surface area contributed by atoms with Gasteiger partial charge < -0.3 is 25.8 Å². The molecule has 1 unspecified atom stereocenters. The predicted molar refractivity (Wildman–Crippen MR) is 116 cm³/mol. The number of amides is 2. The molecule has 0 aromatic heterocycles. The van der Waals surface area contributed by atoms with E-state index >= 15 is 0 Å². The van der Waals surface area contributed by atoms with E-state index in [0.29, 0.717) is 29.5 Å². The quantitative estimate of drug-likeness (QED) is 0.562. The number of carbonyl (C=O) groups excluding carboxylic acids is 2. The minimum atomic E-state index is -0.211. The highest BCUT2D eigenvalue weighted by Gasteiger charge is 2.24. The van der Waals surface area contributed by atoms with Crippen molar-refractivity contribution in [2.24, 2.45) is 11.7 Å². The Morgan fingerprint density at radius 3 is 2.41 bits per heavy atom. The van der Waals surface area contributed by atoms with Crippen LogP contribution in [-0.2, 0) is 4.79 Å². The first-order valence-corrected chi connectivity index (χ1v) is 10.1. The largest absolute Gasteiger partial charge is 0.493 e. The summed E-state index contributed by atoms with van der Waals surface area (Å²) in [5, 5.41) is 5.83. The van der Waals surface area contributed by atoms with Gasteiger partial charge in [0.1, 0.15) is 0 Å². The SMILES string of the molecule is COc1cc(C(=O)NC(CN)C2CCCCC2)ccc1OCC(=O)NC(C)C.Cl. The monoisotopic (exact) mass is 427 g/mol. The van der Waals surface area contributed by atoms with Crippen LogP contribution >= 0.6 is 12.4 Å². The zero-order valence-corrected chi connectivity index (χ0v) is 18.3. The van der Waals surface area contributed by atoms with Crippen molar-refractivity contribution >= 4 is 24.2 Å². The van der Waals surface area contributed by atoms with Crippen molar-refractivity contribution in [2.45, 2.75) is 58.0 Å². The molecule has 0 bridgehead atoms. The van der Waals surface area contributed by atoms with E-state index in [0.717, 1.165) is 12.8 Å². The van der Waals surface area contributed by atoms with Crippen LogP contribution in [0.15, 0.2) is 18.2 Å². The summed E-state index contributed by atoms with van der Waals surface area (Å²) in [6.07, 6.45) is 5.87. The van der Waals surface area contributed by atoms with Gasteiger partial charge in [-0.2, -0.15) is 0 Å². The fourth-order valence-corrected chi connectivity index (χ4v) is 3.59. The van der Waals surface area contributed by atoms with Gasteiger partial charge in [0.25, 0.3) is 11.8 Å². The van der Waals surface area contributed by atoms with Crippen molar-refractivity contribution in [2.75, 3.05) is 20.3 Å². The molecule has 1 fully saturated rings. The Kier molecular flexibility index (Phi) is 10.8. The van der Waals surface area contributed by atoms with Crippen molar-refractivity contribution in [1.29, 1.82) is 0 Å². The third kappa shape index (κ3) is 7.74. The Bertz CT molecular complexity index is 663. The normalized spacial score (nSPS) is 15.2. The molecule has 1 aromatic carbocycles. The number of nitrogens with one attached hydrogen (secondary N) is 2. The van der Waals surface area contributed by atoms with E-state index in [2.05, 4.69) is 10.6 Å². The van der Waals surface area contributed by atoms with Crippen LogP contribution in [0.5, 0.6) is 11.5 Å². The van der Waals surface area contributed by atoms with Crippen molar-refractivity contribution in [1.82, 2.24) is 10.6 Å². The maximum Gasteiger partial charge on any atom is 0.258 e. The van der Waals surface area contributed by atoms with Crippen LogP contribution in [0.3, 0.4) is 0 Å². The summed E-state index contributed by atoms with van der Waals surface area (Å²) in [5.74, 6) is 0.875. The van der Waals surface area contributed by atoms with Gasteiger partial charge in [-0.3, -0.25) is 9.59 Å². The van der Waals surface area contributed by atoms with Crippen LogP contribution in [0, 0.1) is 5.92 Å². The summed E-state index contributed by atoms with van der Waals surface area (Å²) in [5.41, 5.74) is 6.39. The average molecular weight is 428 g/mol. The summed E-state index contributed by atoms with van der Waals surface area (Å²) in [4.78, 5) is 24.4. The molecule has 1 aliphatic rings. The highest BCUT2D eigenvalue weighted by molar-refractivity contribution is 5.95. The minimum Gasteiger partial charge on any atom is -0.493 e. The summed E-state index contributed by atoms with van der Waals surface area (Å²) in [6.45, 7) is 4.08. The highest BCUT2D eigenvalue weighted by atomic mass is 35.5.